The topological polar surface area (TPSA) is 15.3 Å². The smallest absolute Gasteiger partial charge is 0.0474 e. The van der Waals surface area contributed by atoms with E-state index in [1.54, 1.807) is 0 Å². The highest BCUT2D eigenvalue weighted by Gasteiger charge is 2.11. The molecule has 0 amide bonds. The van der Waals surface area contributed by atoms with Crippen LogP contribution in [0, 0.1) is 0 Å². The molecule has 0 aliphatic heterocycles. The second-order valence-corrected chi connectivity index (χ2v) is 4.97. The molecule has 1 rings (SSSR count). The van der Waals surface area contributed by atoms with Gasteiger partial charge in [0.15, 0.2) is 0 Å². The van der Waals surface area contributed by atoms with Crippen LogP contribution in [0.3, 0.4) is 0 Å². The van der Waals surface area contributed by atoms with Crippen molar-refractivity contribution in [1.82, 2.24) is 5.32 Å². The number of nitrogens with one attached hydrogen (secondary N) is 1. The average molecular weight is 269 g/mol. The van der Waals surface area contributed by atoms with E-state index in [1.807, 2.05) is 0 Å². The van der Waals surface area contributed by atoms with Gasteiger partial charge in [0, 0.05) is 29.8 Å². The first-order valence-corrected chi connectivity index (χ1v) is 7.29. The van der Waals surface area contributed by atoms with Crippen molar-refractivity contribution in [3.05, 3.63) is 28.8 Å². The molecular weight excluding hydrogens is 244 g/mol. The SMILES string of the molecule is CCCN(CC)c1ccc(C(C)NCC)c(Cl)c1. The maximum Gasteiger partial charge on any atom is 0.0474 e. The summed E-state index contributed by atoms with van der Waals surface area (Å²) in [6.07, 6.45) is 1.15. The fraction of sp³-hybridized carbons (Fsp3) is 0.600. The Bertz CT molecular complexity index is 366. The molecule has 1 N–H and O–H groups in total. The number of hydrogen-bond acceptors (Lipinski definition) is 2. The van der Waals surface area contributed by atoms with Gasteiger partial charge in [-0.25, -0.2) is 0 Å². The summed E-state index contributed by atoms with van der Waals surface area (Å²) in [4.78, 5) is 2.35. The van der Waals surface area contributed by atoms with Crippen LogP contribution in [-0.4, -0.2) is 19.6 Å². The van der Waals surface area contributed by atoms with E-state index in [4.69, 9.17) is 11.6 Å². The summed E-state index contributed by atoms with van der Waals surface area (Å²) in [5.41, 5.74) is 2.40. The van der Waals surface area contributed by atoms with Crippen molar-refractivity contribution in [2.75, 3.05) is 24.5 Å². The molecule has 0 fully saturated rings. The molecule has 1 unspecified atom stereocenters. The molecule has 0 aliphatic rings. The van der Waals surface area contributed by atoms with Gasteiger partial charge in [-0.15, -0.1) is 0 Å². The number of halogens is 1. The zero-order valence-electron chi connectivity index (χ0n) is 12.0. The van der Waals surface area contributed by atoms with Crippen LogP contribution >= 0.6 is 11.6 Å². The third-order valence-electron chi connectivity index (χ3n) is 3.20. The van der Waals surface area contributed by atoms with Crippen LogP contribution in [-0.2, 0) is 0 Å². The van der Waals surface area contributed by atoms with E-state index in [2.05, 4.69) is 56.1 Å². The zero-order chi connectivity index (χ0) is 13.5. The van der Waals surface area contributed by atoms with Crippen LogP contribution in [0.25, 0.3) is 0 Å². The van der Waals surface area contributed by atoms with Gasteiger partial charge in [0.2, 0.25) is 0 Å². The molecule has 0 heterocycles. The molecular formula is C15H25ClN2. The second-order valence-electron chi connectivity index (χ2n) is 4.56. The van der Waals surface area contributed by atoms with Gasteiger partial charge in [-0.2, -0.15) is 0 Å². The van der Waals surface area contributed by atoms with Crippen LogP contribution in [0.2, 0.25) is 5.02 Å². The Hall–Kier alpha value is -0.730. The summed E-state index contributed by atoms with van der Waals surface area (Å²) in [6.45, 7) is 11.7. The molecule has 102 valence electrons. The standard InChI is InChI=1S/C15H25ClN2/c1-5-10-18(7-3)13-8-9-14(15(16)11-13)12(4)17-6-2/h8-9,11-12,17H,5-7,10H2,1-4H3. The summed E-state index contributed by atoms with van der Waals surface area (Å²) in [7, 11) is 0. The Labute approximate surface area is 116 Å². The van der Waals surface area contributed by atoms with Gasteiger partial charge in [-0.1, -0.05) is 31.5 Å². The van der Waals surface area contributed by atoms with E-state index in [1.165, 1.54) is 11.3 Å². The Morgan fingerprint density at radius 1 is 1.28 bits per heavy atom. The Kier molecular flexibility index (Phi) is 6.51. The highest BCUT2D eigenvalue weighted by atomic mass is 35.5. The van der Waals surface area contributed by atoms with Crippen LogP contribution in [0.15, 0.2) is 18.2 Å². The van der Waals surface area contributed by atoms with Gasteiger partial charge in [0.25, 0.3) is 0 Å². The van der Waals surface area contributed by atoms with Crippen molar-refractivity contribution in [3.63, 3.8) is 0 Å². The lowest BCUT2D eigenvalue weighted by Crippen LogP contribution is -2.23. The lowest BCUT2D eigenvalue weighted by molar-refractivity contribution is 0.598. The maximum absolute atomic E-state index is 6.39. The fourth-order valence-electron chi connectivity index (χ4n) is 2.22. The van der Waals surface area contributed by atoms with Crippen LogP contribution in [0.5, 0.6) is 0 Å². The lowest BCUT2D eigenvalue weighted by atomic mass is 10.1. The number of rotatable bonds is 7. The average Bonchev–Trinajstić information content (AvgIpc) is 2.36. The Morgan fingerprint density at radius 3 is 2.50 bits per heavy atom. The summed E-state index contributed by atoms with van der Waals surface area (Å²) in [6, 6.07) is 6.71. The third kappa shape index (κ3) is 3.89. The molecule has 3 heteroatoms. The highest BCUT2D eigenvalue weighted by molar-refractivity contribution is 6.31. The number of anilines is 1. The fourth-order valence-corrected chi connectivity index (χ4v) is 2.56. The largest absolute Gasteiger partial charge is 0.372 e. The first-order valence-electron chi connectivity index (χ1n) is 6.91. The van der Waals surface area contributed by atoms with Crippen molar-refractivity contribution >= 4 is 17.3 Å². The first kappa shape index (κ1) is 15.3. The molecule has 0 spiro atoms. The van der Waals surface area contributed by atoms with Crippen LogP contribution in [0.4, 0.5) is 5.69 Å². The monoisotopic (exact) mass is 268 g/mol. The van der Waals surface area contributed by atoms with Gasteiger partial charge >= 0.3 is 0 Å². The Balaban J connectivity index is 2.90. The summed E-state index contributed by atoms with van der Waals surface area (Å²) in [5.74, 6) is 0. The number of hydrogen-bond donors (Lipinski definition) is 1. The van der Waals surface area contributed by atoms with Gasteiger partial charge in [0.1, 0.15) is 0 Å². The third-order valence-corrected chi connectivity index (χ3v) is 3.53. The molecule has 1 aromatic carbocycles. The Morgan fingerprint density at radius 2 is 2.00 bits per heavy atom. The molecule has 0 saturated heterocycles. The van der Waals surface area contributed by atoms with E-state index < -0.39 is 0 Å². The first-order chi connectivity index (χ1) is 8.63. The lowest BCUT2D eigenvalue weighted by Gasteiger charge is -2.24. The van der Waals surface area contributed by atoms with Gasteiger partial charge < -0.3 is 10.2 Å². The molecule has 2 nitrogen and oxygen atoms in total. The van der Waals surface area contributed by atoms with Gasteiger partial charge in [0.05, 0.1) is 0 Å². The van der Waals surface area contributed by atoms with Crippen molar-refractivity contribution in [2.24, 2.45) is 0 Å². The van der Waals surface area contributed by atoms with E-state index in [0.29, 0.717) is 6.04 Å². The zero-order valence-corrected chi connectivity index (χ0v) is 12.7. The summed E-state index contributed by atoms with van der Waals surface area (Å²) in [5, 5.41) is 4.25. The van der Waals surface area contributed by atoms with Crippen molar-refractivity contribution in [1.29, 1.82) is 0 Å². The minimum Gasteiger partial charge on any atom is -0.372 e. The normalized spacial score (nSPS) is 12.5. The molecule has 1 atom stereocenters. The molecule has 0 bridgehead atoms. The molecule has 0 radical (unpaired) electrons. The van der Waals surface area contributed by atoms with Gasteiger partial charge in [-0.3, -0.25) is 0 Å². The van der Waals surface area contributed by atoms with Crippen LogP contribution in [0.1, 0.15) is 45.7 Å². The number of nitrogens with zero attached hydrogens (tertiary/aromatic N) is 1. The van der Waals surface area contributed by atoms with Crippen molar-refractivity contribution in [2.45, 2.75) is 40.2 Å². The van der Waals surface area contributed by atoms with E-state index in [9.17, 15) is 0 Å². The summed E-state index contributed by atoms with van der Waals surface area (Å²) >= 11 is 6.39. The van der Waals surface area contributed by atoms with Crippen molar-refractivity contribution < 1.29 is 0 Å². The highest BCUT2D eigenvalue weighted by Crippen LogP contribution is 2.28. The second kappa shape index (κ2) is 7.65. The molecule has 0 aliphatic carbocycles. The van der Waals surface area contributed by atoms with E-state index >= 15 is 0 Å². The molecule has 1 aromatic rings. The molecule has 0 aromatic heterocycles. The van der Waals surface area contributed by atoms with Gasteiger partial charge in [-0.05, 0) is 44.5 Å². The predicted molar refractivity (Wildman–Crippen MR) is 81.7 cm³/mol. The van der Waals surface area contributed by atoms with E-state index in [-0.39, 0.29) is 0 Å². The van der Waals surface area contributed by atoms with Crippen LogP contribution < -0.4 is 10.2 Å². The minimum atomic E-state index is 0.304. The molecule has 18 heavy (non-hydrogen) atoms. The predicted octanol–water partition coefficient (Wildman–Crippen LogP) is 4.25. The minimum absolute atomic E-state index is 0.304. The van der Waals surface area contributed by atoms with E-state index in [0.717, 1.165) is 31.1 Å². The maximum atomic E-state index is 6.39. The summed E-state index contributed by atoms with van der Waals surface area (Å²) < 4.78 is 0. The molecule has 0 saturated carbocycles. The quantitative estimate of drug-likeness (QED) is 0.795. The number of benzene rings is 1. The van der Waals surface area contributed by atoms with Crippen molar-refractivity contribution in [3.8, 4) is 0 Å².